The smallest absolute Gasteiger partial charge is 0.410 e. The van der Waals surface area contributed by atoms with Gasteiger partial charge in [0, 0.05) is 19.5 Å². The number of carbonyl (C=O) groups excluding carboxylic acids is 1. The van der Waals surface area contributed by atoms with Gasteiger partial charge in [-0.1, -0.05) is 0 Å². The molecule has 3 aliphatic rings. The number of rotatable bonds is 1. The Morgan fingerprint density at radius 2 is 2.08 bits per heavy atom. The van der Waals surface area contributed by atoms with E-state index < -0.39 is 11.6 Å². The number of carboxylic acids is 1. The number of carboxylic acid groups (broad SMARTS) is 1. The Hall–Kier alpha value is -2.44. The summed E-state index contributed by atoms with van der Waals surface area (Å²) in [4.78, 5) is 27.6. The molecule has 1 saturated carbocycles. The third-order valence-electron chi connectivity index (χ3n) is 4.99. The lowest BCUT2D eigenvalue weighted by Gasteiger charge is -2.46. The quantitative estimate of drug-likeness (QED) is 0.841. The second-order valence-corrected chi connectivity index (χ2v) is 7.96. The van der Waals surface area contributed by atoms with E-state index in [2.05, 4.69) is 4.90 Å². The molecule has 1 saturated heterocycles. The Morgan fingerprint density at radius 3 is 2.76 bits per heavy atom. The van der Waals surface area contributed by atoms with Gasteiger partial charge in [0.15, 0.2) is 0 Å². The topological polar surface area (TPSA) is 79.3 Å². The summed E-state index contributed by atoms with van der Waals surface area (Å²) in [6.45, 7) is 7.40. The van der Waals surface area contributed by atoms with Crippen LogP contribution in [0.3, 0.4) is 0 Å². The Kier molecular flexibility index (Phi) is 3.23. The highest BCUT2D eigenvalue weighted by molar-refractivity contribution is 5.89. The Bertz CT molecular complexity index is 756. The zero-order valence-electron chi connectivity index (χ0n) is 14.6. The van der Waals surface area contributed by atoms with Crippen LogP contribution in [-0.2, 0) is 4.74 Å². The molecule has 1 N–H and O–H groups in total. The number of piperazine rings is 1. The fourth-order valence-electron chi connectivity index (χ4n) is 3.76. The summed E-state index contributed by atoms with van der Waals surface area (Å²) >= 11 is 0. The van der Waals surface area contributed by atoms with E-state index in [0.717, 1.165) is 12.1 Å². The summed E-state index contributed by atoms with van der Waals surface area (Å²) < 4.78 is 11.5. The fourth-order valence-corrected chi connectivity index (χ4v) is 3.76. The molecule has 2 heterocycles. The first-order valence-electron chi connectivity index (χ1n) is 8.49. The summed E-state index contributed by atoms with van der Waals surface area (Å²) in [5, 5.41) is 9.16. The second kappa shape index (κ2) is 5.03. The first-order chi connectivity index (χ1) is 11.7. The standard InChI is InChI=1S/C18H22N2O5/c1-17(2,3)25-16(23)19-6-7-20-12-5-4-11(15(21)22)8-13(12)24-14-9-18(14,20)10-19/h4-5,8,14H,6-7,9-10H2,1-3H3,(H,21,22). The molecule has 1 aromatic rings. The number of carbonyl (C=O) groups is 2. The molecule has 1 aromatic carbocycles. The van der Waals surface area contributed by atoms with E-state index in [4.69, 9.17) is 14.6 Å². The van der Waals surface area contributed by atoms with Crippen LogP contribution in [0.15, 0.2) is 18.2 Å². The molecular formula is C18H22N2O5. The van der Waals surface area contributed by atoms with Crippen LogP contribution in [0.5, 0.6) is 5.75 Å². The monoisotopic (exact) mass is 346 g/mol. The van der Waals surface area contributed by atoms with E-state index in [0.29, 0.717) is 25.4 Å². The van der Waals surface area contributed by atoms with Crippen LogP contribution >= 0.6 is 0 Å². The highest BCUT2D eigenvalue weighted by Crippen LogP contribution is 2.55. The van der Waals surface area contributed by atoms with Gasteiger partial charge in [-0.15, -0.1) is 0 Å². The van der Waals surface area contributed by atoms with Gasteiger partial charge in [-0.2, -0.15) is 0 Å². The van der Waals surface area contributed by atoms with Crippen molar-refractivity contribution in [2.24, 2.45) is 0 Å². The van der Waals surface area contributed by atoms with Crippen molar-refractivity contribution >= 4 is 17.7 Å². The number of amides is 1. The van der Waals surface area contributed by atoms with Crippen molar-refractivity contribution in [2.75, 3.05) is 24.5 Å². The van der Waals surface area contributed by atoms with Crippen LogP contribution in [0.4, 0.5) is 10.5 Å². The van der Waals surface area contributed by atoms with Crippen molar-refractivity contribution < 1.29 is 24.2 Å². The van der Waals surface area contributed by atoms with Crippen LogP contribution in [0.1, 0.15) is 37.6 Å². The molecule has 1 aliphatic carbocycles. The molecule has 134 valence electrons. The maximum absolute atomic E-state index is 12.4. The molecule has 2 aliphatic heterocycles. The van der Waals surface area contributed by atoms with Crippen LogP contribution in [0.25, 0.3) is 0 Å². The van der Waals surface area contributed by atoms with Crippen molar-refractivity contribution in [2.45, 2.75) is 44.4 Å². The minimum Gasteiger partial charge on any atom is -0.486 e. The number of nitrogens with zero attached hydrogens (tertiary/aromatic N) is 2. The summed E-state index contributed by atoms with van der Waals surface area (Å²) in [5.74, 6) is -0.350. The maximum atomic E-state index is 12.4. The number of benzene rings is 1. The first-order valence-corrected chi connectivity index (χ1v) is 8.49. The largest absolute Gasteiger partial charge is 0.486 e. The Balaban J connectivity index is 1.56. The van der Waals surface area contributed by atoms with Gasteiger partial charge in [0.2, 0.25) is 0 Å². The number of ether oxygens (including phenoxy) is 2. The van der Waals surface area contributed by atoms with Gasteiger partial charge in [-0.3, -0.25) is 0 Å². The van der Waals surface area contributed by atoms with Crippen LogP contribution < -0.4 is 9.64 Å². The second-order valence-electron chi connectivity index (χ2n) is 7.96. The third kappa shape index (κ3) is 2.58. The summed E-state index contributed by atoms with van der Waals surface area (Å²) in [6, 6.07) is 4.99. The van der Waals surface area contributed by atoms with Crippen molar-refractivity contribution in [3.05, 3.63) is 23.8 Å². The zero-order valence-corrected chi connectivity index (χ0v) is 14.6. The Labute approximate surface area is 146 Å². The van der Waals surface area contributed by atoms with Gasteiger partial charge in [0.25, 0.3) is 0 Å². The molecule has 1 amide bonds. The van der Waals surface area contributed by atoms with Gasteiger partial charge in [0.1, 0.15) is 17.5 Å². The lowest BCUT2D eigenvalue weighted by molar-refractivity contribution is 0.0186. The predicted molar refractivity (Wildman–Crippen MR) is 90.3 cm³/mol. The zero-order chi connectivity index (χ0) is 18.0. The van der Waals surface area contributed by atoms with Gasteiger partial charge < -0.3 is 24.4 Å². The molecule has 0 aromatic heterocycles. The molecule has 4 rings (SSSR count). The third-order valence-corrected chi connectivity index (χ3v) is 4.99. The number of anilines is 1. The van der Waals surface area contributed by atoms with E-state index in [1.54, 1.807) is 23.1 Å². The highest BCUT2D eigenvalue weighted by Gasteiger charge is 2.66. The predicted octanol–water partition coefficient (Wildman–Crippen LogP) is 2.35. The minimum absolute atomic E-state index is 0.0192. The van der Waals surface area contributed by atoms with E-state index in [9.17, 15) is 9.59 Å². The highest BCUT2D eigenvalue weighted by atomic mass is 16.6. The molecule has 1 spiro atoms. The normalized spacial score (nSPS) is 26.8. The molecule has 2 fully saturated rings. The molecule has 2 atom stereocenters. The van der Waals surface area contributed by atoms with E-state index in [1.807, 2.05) is 20.8 Å². The first kappa shape index (κ1) is 16.1. The molecule has 0 bridgehead atoms. The SMILES string of the molecule is CC(C)(C)OC(=O)N1CCN2c3ccc(C(=O)O)cc3OC3CC32C1. The number of hydrogen-bond donors (Lipinski definition) is 1. The van der Waals surface area contributed by atoms with Gasteiger partial charge in [-0.05, 0) is 39.0 Å². The maximum Gasteiger partial charge on any atom is 0.410 e. The van der Waals surface area contributed by atoms with Gasteiger partial charge in [0.05, 0.1) is 23.3 Å². The minimum atomic E-state index is -0.964. The number of fused-ring (bicyclic) bond motifs is 2. The van der Waals surface area contributed by atoms with Crippen molar-refractivity contribution in [1.82, 2.24) is 4.90 Å². The summed E-state index contributed by atoms with van der Waals surface area (Å²) in [6.07, 6.45) is 0.511. The van der Waals surface area contributed by atoms with Crippen LogP contribution in [0.2, 0.25) is 0 Å². The molecule has 2 unspecified atom stereocenters. The molecule has 7 heteroatoms. The molecule has 7 nitrogen and oxygen atoms in total. The Morgan fingerprint density at radius 1 is 1.32 bits per heavy atom. The van der Waals surface area contributed by atoms with E-state index in [-0.39, 0.29) is 23.3 Å². The summed E-state index contributed by atoms with van der Waals surface area (Å²) in [5.41, 5.74) is 0.395. The fraction of sp³-hybridized carbons (Fsp3) is 0.556. The lowest BCUT2D eigenvalue weighted by Crippen LogP contribution is -2.60. The van der Waals surface area contributed by atoms with Crippen LogP contribution in [0, 0.1) is 0 Å². The summed E-state index contributed by atoms with van der Waals surface area (Å²) in [7, 11) is 0. The van der Waals surface area contributed by atoms with Crippen molar-refractivity contribution in [1.29, 1.82) is 0 Å². The number of aromatic carboxylic acids is 1. The average molecular weight is 346 g/mol. The van der Waals surface area contributed by atoms with Gasteiger partial charge in [-0.25, -0.2) is 9.59 Å². The molecule has 25 heavy (non-hydrogen) atoms. The van der Waals surface area contributed by atoms with Crippen LogP contribution in [-0.4, -0.2) is 58.9 Å². The average Bonchev–Trinajstić information content (AvgIpc) is 3.21. The van der Waals surface area contributed by atoms with E-state index >= 15 is 0 Å². The van der Waals surface area contributed by atoms with Crippen molar-refractivity contribution in [3.63, 3.8) is 0 Å². The molecule has 0 radical (unpaired) electrons. The van der Waals surface area contributed by atoms with Crippen molar-refractivity contribution in [3.8, 4) is 5.75 Å². The van der Waals surface area contributed by atoms with Gasteiger partial charge >= 0.3 is 12.1 Å². The number of hydrogen-bond acceptors (Lipinski definition) is 5. The molecular weight excluding hydrogens is 324 g/mol. The van der Waals surface area contributed by atoms with E-state index in [1.165, 1.54) is 0 Å². The lowest BCUT2D eigenvalue weighted by atomic mass is 10.0.